The molecule has 0 spiro atoms. The van der Waals surface area contributed by atoms with Crippen molar-refractivity contribution in [1.29, 1.82) is 0 Å². The zero-order valence-electron chi connectivity index (χ0n) is 8.31. The first-order chi connectivity index (χ1) is 6.52. The highest BCUT2D eigenvalue weighted by molar-refractivity contribution is 7.81. The third-order valence-corrected chi connectivity index (χ3v) is 1.70. The summed E-state index contributed by atoms with van der Waals surface area (Å²) < 4.78 is 0. The molecule has 0 aromatic heterocycles. The molecule has 5 nitrogen and oxygen atoms in total. The molecule has 0 radical (unpaired) electrons. The average Bonchev–Trinajstić information content (AvgIpc) is 2.35. The number of hydrogen-bond acceptors (Lipinski definition) is 5. The third-order valence-electron chi connectivity index (χ3n) is 1.30. The molecule has 2 amide bonds. The van der Waals surface area contributed by atoms with Gasteiger partial charge in [-0.25, -0.2) is 4.79 Å². The van der Waals surface area contributed by atoms with Crippen LogP contribution >= 0.6 is 12.6 Å². The van der Waals surface area contributed by atoms with E-state index in [1.807, 2.05) is 13.8 Å². The van der Waals surface area contributed by atoms with Gasteiger partial charge >= 0.3 is 5.97 Å². The molecule has 1 aliphatic rings. The highest BCUT2D eigenvalue weighted by Crippen LogP contribution is 2.17. The van der Waals surface area contributed by atoms with E-state index < -0.39 is 23.0 Å². The van der Waals surface area contributed by atoms with E-state index in [1.54, 1.807) is 0 Å². The minimum Gasteiger partial charge on any atom is -0.331 e. The molecule has 1 unspecified atom stereocenters. The Labute approximate surface area is 87.8 Å². The van der Waals surface area contributed by atoms with E-state index >= 15 is 0 Å². The number of imide groups is 1. The van der Waals surface area contributed by atoms with Gasteiger partial charge < -0.3 is 4.84 Å². The van der Waals surface area contributed by atoms with Gasteiger partial charge in [0, 0.05) is 6.92 Å². The Bertz CT molecular complexity index is 254. The van der Waals surface area contributed by atoms with Gasteiger partial charge in [-0.3, -0.25) is 9.59 Å². The van der Waals surface area contributed by atoms with Crippen molar-refractivity contribution in [3.05, 3.63) is 0 Å². The molecule has 0 aliphatic carbocycles. The van der Waals surface area contributed by atoms with Gasteiger partial charge in [-0.15, -0.1) is 5.06 Å². The summed E-state index contributed by atoms with van der Waals surface area (Å²) >= 11 is 3.82. The van der Waals surface area contributed by atoms with Gasteiger partial charge in [-0.1, -0.05) is 13.8 Å². The van der Waals surface area contributed by atoms with Gasteiger partial charge in [-0.2, -0.15) is 12.6 Å². The van der Waals surface area contributed by atoms with Crippen LogP contribution in [0.1, 0.15) is 27.2 Å². The lowest BCUT2D eigenvalue weighted by molar-refractivity contribution is -0.195. The minimum absolute atomic E-state index is 0.0186. The molecule has 1 saturated heterocycles. The van der Waals surface area contributed by atoms with Crippen LogP contribution in [0.3, 0.4) is 0 Å². The van der Waals surface area contributed by atoms with Gasteiger partial charge in [0.15, 0.2) is 0 Å². The summed E-state index contributed by atoms with van der Waals surface area (Å²) in [6.45, 7) is 5.12. The number of rotatable bonds is 1. The average molecular weight is 219 g/mol. The second kappa shape index (κ2) is 5.64. The van der Waals surface area contributed by atoms with E-state index in [0.717, 1.165) is 6.92 Å². The van der Waals surface area contributed by atoms with E-state index in [-0.39, 0.29) is 6.42 Å². The normalized spacial score (nSPS) is 20.3. The van der Waals surface area contributed by atoms with Gasteiger partial charge in [-0.05, 0) is 0 Å². The van der Waals surface area contributed by atoms with Crippen LogP contribution in [-0.2, 0) is 19.2 Å². The SMILES string of the molecule is CC.CC(=O)ON1C(=O)CC(S)C1=O. The lowest BCUT2D eigenvalue weighted by atomic mass is 10.4. The molecule has 1 atom stereocenters. The van der Waals surface area contributed by atoms with E-state index in [0.29, 0.717) is 5.06 Å². The topological polar surface area (TPSA) is 63.7 Å². The second-order valence-corrected chi connectivity index (χ2v) is 2.95. The number of carbonyl (C=O) groups is 3. The van der Waals surface area contributed by atoms with Gasteiger partial charge in [0.05, 0.1) is 11.7 Å². The maximum absolute atomic E-state index is 11.0. The standard InChI is InChI=1S/C6H7NO4S.C2H6/c1-3(8)11-7-5(9)2-4(12)6(7)10;1-2/h4,12H,2H2,1H3;1-2H3. The van der Waals surface area contributed by atoms with Crippen molar-refractivity contribution in [2.45, 2.75) is 32.4 Å². The monoisotopic (exact) mass is 219 g/mol. The summed E-state index contributed by atoms with van der Waals surface area (Å²) in [4.78, 5) is 36.7. The van der Waals surface area contributed by atoms with E-state index in [4.69, 9.17) is 0 Å². The fourth-order valence-corrected chi connectivity index (χ4v) is 1.08. The molecule has 14 heavy (non-hydrogen) atoms. The zero-order valence-corrected chi connectivity index (χ0v) is 9.21. The predicted octanol–water partition coefficient (Wildman–Crippen LogP) is 0.548. The van der Waals surface area contributed by atoms with Crippen molar-refractivity contribution in [1.82, 2.24) is 5.06 Å². The van der Waals surface area contributed by atoms with Crippen molar-refractivity contribution in [2.24, 2.45) is 0 Å². The van der Waals surface area contributed by atoms with E-state index in [9.17, 15) is 14.4 Å². The first-order valence-corrected chi connectivity index (χ1v) is 4.77. The highest BCUT2D eigenvalue weighted by Gasteiger charge is 2.39. The molecular formula is C8H13NO4S. The highest BCUT2D eigenvalue weighted by atomic mass is 32.1. The maximum Gasteiger partial charge on any atom is 0.330 e. The van der Waals surface area contributed by atoms with Gasteiger partial charge in [0.25, 0.3) is 11.8 Å². The summed E-state index contributed by atoms with van der Waals surface area (Å²) in [6, 6.07) is 0. The molecule has 0 N–H and O–H groups in total. The Morgan fingerprint density at radius 2 is 2.00 bits per heavy atom. The van der Waals surface area contributed by atoms with Crippen molar-refractivity contribution in [3.8, 4) is 0 Å². The number of thiol groups is 1. The number of carbonyl (C=O) groups excluding carboxylic acids is 3. The quantitative estimate of drug-likeness (QED) is 0.516. The molecule has 1 fully saturated rings. The second-order valence-electron chi connectivity index (χ2n) is 2.33. The van der Waals surface area contributed by atoms with Crippen LogP contribution in [0, 0.1) is 0 Å². The Morgan fingerprint density at radius 1 is 1.50 bits per heavy atom. The smallest absolute Gasteiger partial charge is 0.330 e. The molecular weight excluding hydrogens is 206 g/mol. The molecule has 0 bridgehead atoms. The van der Waals surface area contributed by atoms with Crippen LogP contribution in [0.15, 0.2) is 0 Å². The van der Waals surface area contributed by atoms with Crippen LogP contribution < -0.4 is 0 Å². The van der Waals surface area contributed by atoms with Crippen molar-refractivity contribution >= 4 is 30.4 Å². The zero-order chi connectivity index (χ0) is 11.3. The van der Waals surface area contributed by atoms with Crippen molar-refractivity contribution in [3.63, 3.8) is 0 Å². The lowest BCUT2D eigenvalue weighted by Crippen LogP contribution is -2.32. The third kappa shape index (κ3) is 3.02. The van der Waals surface area contributed by atoms with Crippen LogP contribution in [0.5, 0.6) is 0 Å². The fourth-order valence-electron chi connectivity index (χ4n) is 0.818. The first kappa shape index (κ1) is 13.0. The molecule has 0 aromatic rings. The van der Waals surface area contributed by atoms with Crippen molar-refractivity contribution in [2.75, 3.05) is 0 Å². The molecule has 1 aliphatic heterocycles. The Hall–Kier alpha value is -1.04. The number of hydroxylamine groups is 2. The van der Waals surface area contributed by atoms with E-state index in [2.05, 4.69) is 17.5 Å². The van der Waals surface area contributed by atoms with Gasteiger partial charge in [0.2, 0.25) is 0 Å². The number of amides is 2. The summed E-state index contributed by atoms with van der Waals surface area (Å²) in [5, 5.41) is -0.225. The van der Waals surface area contributed by atoms with Gasteiger partial charge in [0.1, 0.15) is 0 Å². The molecule has 0 aromatic carbocycles. The summed E-state index contributed by atoms with van der Waals surface area (Å²) in [5.74, 6) is -1.81. The molecule has 1 rings (SSSR count). The minimum atomic E-state index is -0.695. The largest absolute Gasteiger partial charge is 0.331 e. The Kier molecular flexibility index (Phi) is 5.22. The van der Waals surface area contributed by atoms with Crippen LogP contribution in [0.25, 0.3) is 0 Å². The maximum atomic E-state index is 11.0. The van der Waals surface area contributed by atoms with Crippen LogP contribution in [0.2, 0.25) is 0 Å². The fraction of sp³-hybridized carbons (Fsp3) is 0.625. The summed E-state index contributed by atoms with van der Waals surface area (Å²) in [7, 11) is 0. The van der Waals surface area contributed by atoms with Crippen LogP contribution in [-0.4, -0.2) is 28.1 Å². The number of hydrogen-bond donors (Lipinski definition) is 1. The first-order valence-electron chi connectivity index (χ1n) is 4.25. The summed E-state index contributed by atoms with van der Waals surface area (Å²) in [5.41, 5.74) is 0. The predicted molar refractivity (Wildman–Crippen MR) is 52.4 cm³/mol. The summed E-state index contributed by atoms with van der Waals surface area (Å²) in [6.07, 6.45) is -0.0186. The van der Waals surface area contributed by atoms with E-state index in [1.165, 1.54) is 0 Å². The van der Waals surface area contributed by atoms with Crippen LogP contribution in [0.4, 0.5) is 0 Å². The number of nitrogens with zero attached hydrogens (tertiary/aromatic N) is 1. The molecule has 6 heteroatoms. The molecule has 80 valence electrons. The van der Waals surface area contributed by atoms with Crippen molar-refractivity contribution < 1.29 is 19.2 Å². The molecule has 0 saturated carbocycles. The molecule has 1 heterocycles. The Morgan fingerprint density at radius 3 is 2.29 bits per heavy atom. The lowest BCUT2D eigenvalue weighted by Gasteiger charge is -2.10. The Balaban J connectivity index is 0.000000791.